The van der Waals surface area contributed by atoms with Crippen LogP contribution in [0, 0.1) is 18.5 Å². The number of benzene rings is 11. The molecule has 14 aromatic rings. The second kappa shape index (κ2) is 18.7. The van der Waals surface area contributed by atoms with Gasteiger partial charge in [-0.3, -0.25) is 4.57 Å². The zero-order valence-electron chi connectivity index (χ0n) is 48.3. The van der Waals surface area contributed by atoms with Crippen LogP contribution in [-0.2, 0) is 26.5 Å². The molecule has 6 aliphatic rings. The van der Waals surface area contributed by atoms with Crippen LogP contribution in [0.3, 0.4) is 0 Å². The van der Waals surface area contributed by atoms with Gasteiger partial charge in [-0.15, -0.1) is 29.7 Å². The molecule has 0 saturated heterocycles. The Kier molecular flexibility index (Phi) is 10.6. The molecule has 20 rings (SSSR count). The minimum atomic E-state index is -0.200. The number of hydrogen-bond donors (Lipinski definition) is 0. The van der Waals surface area contributed by atoms with Crippen molar-refractivity contribution in [1.29, 1.82) is 0 Å². The van der Waals surface area contributed by atoms with Crippen molar-refractivity contribution in [2.24, 2.45) is 0 Å². The molecule has 0 atom stereocenters. The molecule has 0 unspecified atom stereocenters. The molecule has 6 aliphatic heterocycles. The standard InChI is InChI=1S/C76H44B2N4O7.Pt/c1-76(2,3)42-36-37-79-66(38-42)82-52-19-5-4-16-46(52)47-31-30-45(40-55(47)82)83-44-15-8-14-43(39-44)80-41-81(54-21-7-6-20-53(54)80)73-48(50-32-34-64-71-74(50)88-62-28-12-26-60-69(62)77(71)67-56(84-60)22-10-24-58(67)86-64)17-9-18-49(73)51-33-35-65-72-75(51)89-63-29-13-27-61-70(63)78(72)68-57(85-61)23-11-25-59(68)87-65;/h4-38H,1-3H3;/q-2;. The van der Waals surface area contributed by atoms with Gasteiger partial charge >= 0.3 is 0 Å². The van der Waals surface area contributed by atoms with Crippen molar-refractivity contribution in [2.75, 3.05) is 0 Å². The molecule has 0 N–H and O–H groups in total. The van der Waals surface area contributed by atoms with Crippen LogP contribution in [0.25, 0.3) is 72.3 Å². The van der Waals surface area contributed by atoms with E-state index in [2.05, 4.69) is 162 Å². The van der Waals surface area contributed by atoms with Gasteiger partial charge in [0, 0.05) is 88.2 Å². The summed E-state index contributed by atoms with van der Waals surface area (Å²) >= 11 is 0. The number of aromatic nitrogens is 4. The predicted octanol–water partition coefficient (Wildman–Crippen LogP) is 13.9. The maximum absolute atomic E-state index is 7.25. The van der Waals surface area contributed by atoms with Crippen molar-refractivity contribution in [3.63, 3.8) is 0 Å². The van der Waals surface area contributed by atoms with Gasteiger partial charge in [0.2, 0.25) is 0 Å². The van der Waals surface area contributed by atoms with Crippen molar-refractivity contribution in [1.82, 2.24) is 14.1 Å². The SMILES string of the molecule is CC(C)(C)c1ccnc(-n2c3[c-]c(Oc4[c-]c(-n5[c-][n+](-c6c(-c7ccc8c9c7Oc7cccc%10c7B9c7c(cccc7O8)O%10)cccc6-c6ccc7c8c6Oc6cccc9c6B8c6c(cccc6O7)O9)c6ccccc65)ccc4)ccc3c3ccccc32)c1.[Pt]. The molecular weight excluding hydrogens is 1300 g/mol. The first kappa shape index (κ1) is 51.3. The Morgan fingerprint density at radius 3 is 1.52 bits per heavy atom. The van der Waals surface area contributed by atoms with Gasteiger partial charge in [0.05, 0.1) is 16.7 Å². The smallest absolute Gasteiger partial charge is 0.270 e. The van der Waals surface area contributed by atoms with E-state index in [0.29, 0.717) is 28.7 Å². The summed E-state index contributed by atoms with van der Waals surface area (Å²) in [6, 6.07) is 77.4. The molecule has 3 aromatic heterocycles. The summed E-state index contributed by atoms with van der Waals surface area (Å²) in [6.07, 6.45) is 5.80. The fourth-order valence-corrected chi connectivity index (χ4v) is 14.6. The number of rotatable bonds is 7. The Balaban J connectivity index is 0.00000583. The van der Waals surface area contributed by atoms with Crippen molar-refractivity contribution < 1.29 is 58.8 Å². The normalized spacial score (nSPS) is 13.5. The van der Waals surface area contributed by atoms with Gasteiger partial charge in [-0.05, 0) is 124 Å². The van der Waals surface area contributed by atoms with Gasteiger partial charge in [0.1, 0.15) is 74.8 Å². The van der Waals surface area contributed by atoms with Crippen LogP contribution >= 0.6 is 0 Å². The van der Waals surface area contributed by atoms with Crippen molar-refractivity contribution in [3.8, 4) is 120 Å². The zero-order valence-corrected chi connectivity index (χ0v) is 50.6. The quantitative estimate of drug-likeness (QED) is 0.0885. The molecule has 0 bridgehead atoms. The van der Waals surface area contributed by atoms with Crippen molar-refractivity contribution >= 4 is 79.0 Å². The molecule has 0 fully saturated rings. The first-order valence-electron chi connectivity index (χ1n) is 29.9. The second-order valence-corrected chi connectivity index (χ2v) is 24.4. The molecule has 90 heavy (non-hydrogen) atoms. The topological polar surface area (TPSA) is 91.2 Å². The first-order valence-corrected chi connectivity index (χ1v) is 29.9. The third kappa shape index (κ3) is 7.17. The van der Waals surface area contributed by atoms with E-state index in [0.717, 1.165) is 157 Å². The third-order valence-electron chi connectivity index (χ3n) is 18.5. The van der Waals surface area contributed by atoms with Crippen LogP contribution in [0.15, 0.2) is 212 Å². The van der Waals surface area contributed by atoms with Crippen LogP contribution < -0.4 is 70.5 Å². The van der Waals surface area contributed by atoms with E-state index in [-0.39, 0.29) is 39.9 Å². The average molecular weight is 1340 g/mol. The minimum absolute atomic E-state index is 0. The summed E-state index contributed by atoms with van der Waals surface area (Å²) in [4.78, 5) is 4.91. The number of imidazole rings is 1. The van der Waals surface area contributed by atoms with Gasteiger partial charge in [-0.25, -0.2) is 4.98 Å². The number of para-hydroxylation sites is 4. The molecule has 9 heterocycles. The second-order valence-electron chi connectivity index (χ2n) is 24.4. The van der Waals surface area contributed by atoms with Gasteiger partial charge in [-0.1, -0.05) is 111 Å². The average Bonchev–Trinajstić information content (AvgIpc) is 0.923. The Morgan fingerprint density at radius 2 is 0.944 bits per heavy atom. The van der Waals surface area contributed by atoms with Gasteiger partial charge in [-0.2, -0.15) is 18.2 Å². The number of nitrogens with zero attached hydrogens (tertiary/aromatic N) is 4. The molecule has 0 spiro atoms. The Bertz CT molecular complexity index is 5280. The van der Waals surface area contributed by atoms with Gasteiger partial charge in [0.25, 0.3) is 19.8 Å². The summed E-state index contributed by atoms with van der Waals surface area (Å²) in [7, 11) is 0. The van der Waals surface area contributed by atoms with E-state index in [1.165, 1.54) is 5.56 Å². The number of pyridine rings is 1. The van der Waals surface area contributed by atoms with Crippen LogP contribution in [0.2, 0.25) is 0 Å². The molecule has 11 nitrogen and oxygen atoms in total. The summed E-state index contributed by atoms with van der Waals surface area (Å²) in [5, 5.41) is 2.16. The third-order valence-corrected chi connectivity index (χ3v) is 18.5. The fraction of sp³-hybridized carbons (Fsp3) is 0.0526. The van der Waals surface area contributed by atoms with E-state index < -0.39 is 0 Å². The van der Waals surface area contributed by atoms with Gasteiger partial charge < -0.3 is 42.3 Å². The molecule has 0 saturated carbocycles. The number of fused-ring (bicyclic) bond motifs is 4. The minimum Gasteiger partial charge on any atom is -0.510 e. The molecule has 428 valence electrons. The van der Waals surface area contributed by atoms with Crippen LogP contribution in [0.4, 0.5) is 0 Å². The maximum Gasteiger partial charge on any atom is 0.270 e. The Labute approximate surface area is 531 Å². The van der Waals surface area contributed by atoms with E-state index in [9.17, 15) is 0 Å². The Hall–Kier alpha value is -10.7. The summed E-state index contributed by atoms with van der Waals surface area (Å²) in [5.41, 5.74) is 15.7. The number of ether oxygens (including phenoxy) is 7. The Morgan fingerprint density at radius 1 is 0.444 bits per heavy atom. The van der Waals surface area contributed by atoms with E-state index in [1.807, 2.05) is 103 Å². The molecule has 0 radical (unpaired) electrons. The predicted molar refractivity (Wildman–Crippen MR) is 345 cm³/mol. The number of hydrogen-bond acceptors (Lipinski definition) is 8. The summed E-state index contributed by atoms with van der Waals surface area (Å²) in [6.45, 7) is 6.26. The summed E-state index contributed by atoms with van der Waals surface area (Å²) in [5.74, 6) is 10.8. The monoisotopic (exact) mass is 1340 g/mol. The van der Waals surface area contributed by atoms with E-state index >= 15 is 0 Å². The molecule has 14 heteroatoms. The van der Waals surface area contributed by atoms with Gasteiger partial charge in [0.15, 0.2) is 0 Å². The molecular formula is C76H44B2N4O7Pt-2. The van der Waals surface area contributed by atoms with Crippen molar-refractivity contribution in [3.05, 3.63) is 236 Å². The van der Waals surface area contributed by atoms with E-state index in [4.69, 9.17) is 38.1 Å². The first-order chi connectivity index (χ1) is 43.7. The summed E-state index contributed by atoms with van der Waals surface area (Å²) < 4.78 is 54.5. The largest absolute Gasteiger partial charge is 0.510 e. The molecule has 11 aromatic carbocycles. The van der Waals surface area contributed by atoms with E-state index in [1.54, 1.807) is 0 Å². The maximum atomic E-state index is 7.25. The van der Waals surface area contributed by atoms with Crippen LogP contribution in [-0.4, -0.2) is 27.5 Å². The van der Waals surface area contributed by atoms with Crippen molar-refractivity contribution in [2.45, 2.75) is 26.2 Å². The fourth-order valence-electron chi connectivity index (χ4n) is 14.6. The van der Waals surface area contributed by atoms with Crippen LogP contribution in [0.5, 0.6) is 80.5 Å². The molecule has 0 aliphatic carbocycles. The molecule has 0 amide bonds. The zero-order chi connectivity index (χ0) is 58.5. The van der Waals surface area contributed by atoms with Crippen LogP contribution in [0.1, 0.15) is 26.3 Å².